The van der Waals surface area contributed by atoms with Gasteiger partial charge in [0.2, 0.25) is 0 Å². The molecule has 1 aromatic rings. The second-order valence-electron chi connectivity index (χ2n) is 2.63. The summed E-state index contributed by atoms with van der Waals surface area (Å²) in [5.41, 5.74) is 3.62. The highest BCUT2D eigenvalue weighted by molar-refractivity contribution is 5.49. The van der Waals surface area contributed by atoms with Crippen molar-refractivity contribution in [1.29, 1.82) is 0 Å². The summed E-state index contributed by atoms with van der Waals surface area (Å²) in [6.07, 6.45) is -4.78. The number of hydrogen-bond acceptors (Lipinski definition) is 2. The van der Waals surface area contributed by atoms with Gasteiger partial charge in [0, 0.05) is 5.69 Å². The Balaban J connectivity index is 3.15. The lowest BCUT2D eigenvalue weighted by Crippen LogP contribution is -2.11. The van der Waals surface area contributed by atoms with Crippen LogP contribution in [0.4, 0.5) is 27.6 Å². The van der Waals surface area contributed by atoms with Gasteiger partial charge in [-0.25, -0.2) is 0 Å². The van der Waals surface area contributed by atoms with E-state index in [4.69, 9.17) is 5.73 Å². The number of anilines is 1. The lowest BCUT2D eigenvalue weighted by atomic mass is 10.1. The normalized spacial score (nSPS) is 11.9. The number of hydrogen-bond donors (Lipinski definition) is 1. The molecule has 0 radical (unpaired) electrons. The number of benzene rings is 1. The molecule has 7 heteroatoms. The lowest BCUT2D eigenvalue weighted by Gasteiger charge is -2.13. The Bertz CT molecular complexity index is 349. The minimum Gasteiger partial charge on any atom is -0.434 e. The highest BCUT2D eigenvalue weighted by Crippen LogP contribution is 2.37. The fraction of sp³-hybridized carbons (Fsp3) is 0.250. The Morgan fingerprint density at radius 1 is 1.20 bits per heavy atom. The predicted molar refractivity (Wildman–Crippen MR) is 42.5 cm³/mol. The van der Waals surface area contributed by atoms with Crippen LogP contribution in [0.1, 0.15) is 5.56 Å². The molecule has 0 aliphatic heterocycles. The molecular weight excluding hydrogens is 221 g/mol. The van der Waals surface area contributed by atoms with Crippen molar-refractivity contribution in [3.8, 4) is 5.75 Å². The van der Waals surface area contributed by atoms with E-state index in [0.29, 0.717) is 6.07 Å². The summed E-state index contributed by atoms with van der Waals surface area (Å²) in [7, 11) is 0. The third-order valence-corrected chi connectivity index (χ3v) is 1.53. The van der Waals surface area contributed by atoms with Crippen LogP contribution in [0.5, 0.6) is 5.75 Å². The maximum absolute atomic E-state index is 12.3. The number of nitrogen functional groups attached to an aromatic ring is 1. The topological polar surface area (TPSA) is 35.2 Å². The Morgan fingerprint density at radius 3 is 2.27 bits per heavy atom. The average molecular weight is 227 g/mol. The minimum absolute atomic E-state index is 0.177. The number of nitrogens with two attached hydrogens (primary N) is 1. The molecule has 0 atom stereocenters. The monoisotopic (exact) mass is 227 g/mol. The van der Waals surface area contributed by atoms with Crippen LogP contribution in [0.2, 0.25) is 0 Å². The number of halogens is 5. The Kier molecular flexibility index (Phi) is 3.01. The summed E-state index contributed by atoms with van der Waals surface area (Å²) in [5.74, 6) is -0.938. The van der Waals surface area contributed by atoms with Gasteiger partial charge in [0.05, 0.1) is 5.56 Å². The van der Waals surface area contributed by atoms with Crippen molar-refractivity contribution in [2.75, 3.05) is 5.73 Å². The van der Waals surface area contributed by atoms with Crippen molar-refractivity contribution in [2.45, 2.75) is 12.8 Å². The molecule has 0 saturated carbocycles. The van der Waals surface area contributed by atoms with Crippen LogP contribution < -0.4 is 10.5 Å². The lowest BCUT2D eigenvalue weighted by molar-refractivity contribution is -0.141. The van der Waals surface area contributed by atoms with Gasteiger partial charge in [-0.1, -0.05) is 0 Å². The summed E-state index contributed by atoms with van der Waals surface area (Å²) in [5, 5.41) is 0. The summed E-state index contributed by atoms with van der Waals surface area (Å²) in [6.45, 7) is -3.31. The zero-order chi connectivity index (χ0) is 11.6. The average Bonchev–Trinajstić information content (AvgIpc) is 2.05. The Morgan fingerprint density at radius 2 is 1.80 bits per heavy atom. The van der Waals surface area contributed by atoms with E-state index in [-0.39, 0.29) is 5.69 Å². The third kappa shape index (κ3) is 2.97. The molecule has 2 nitrogen and oxygen atoms in total. The summed E-state index contributed by atoms with van der Waals surface area (Å²) in [6, 6.07) is 2.34. The third-order valence-electron chi connectivity index (χ3n) is 1.53. The van der Waals surface area contributed by atoms with Crippen LogP contribution in [-0.2, 0) is 6.18 Å². The van der Waals surface area contributed by atoms with Crippen LogP contribution in [-0.4, -0.2) is 6.61 Å². The van der Waals surface area contributed by atoms with Gasteiger partial charge in [-0.15, -0.1) is 0 Å². The number of rotatable bonds is 2. The van der Waals surface area contributed by atoms with Crippen LogP contribution in [0.15, 0.2) is 18.2 Å². The second kappa shape index (κ2) is 3.92. The van der Waals surface area contributed by atoms with Crippen molar-refractivity contribution >= 4 is 5.69 Å². The molecule has 1 aromatic carbocycles. The van der Waals surface area contributed by atoms with Crippen molar-refractivity contribution in [2.24, 2.45) is 0 Å². The van der Waals surface area contributed by atoms with E-state index >= 15 is 0 Å². The minimum atomic E-state index is -4.78. The first-order chi connectivity index (χ1) is 6.80. The fourth-order valence-corrected chi connectivity index (χ4v) is 0.968. The first-order valence-corrected chi connectivity index (χ1v) is 3.72. The maximum atomic E-state index is 12.3. The van der Waals surface area contributed by atoms with E-state index in [1.54, 1.807) is 0 Å². The van der Waals surface area contributed by atoms with Gasteiger partial charge in [0.25, 0.3) is 0 Å². The van der Waals surface area contributed by atoms with Crippen LogP contribution in [0, 0.1) is 0 Å². The molecule has 0 heterocycles. The first-order valence-electron chi connectivity index (χ1n) is 3.72. The van der Waals surface area contributed by atoms with Crippen LogP contribution >= 0.6 is 0 Å². The maximum Gasteiger partial charge on any atom is 0.420 e. The van der Waals surface area contributed by atoms with Crippen LogP contribution in [0.25, 0.3) is 0 Å². The summed E-state index contributed by atoms with van der Waals surface area (Å²) < 4.78 is 64.1. The molecule has 0 aliphatic rings. The standard InChI is InChI=1S/C8H6F5NO/c9-7(10)15-6-2-1-4(14)3-5(6)8(11,12)13/h1-3,7H,14H2. The molecule has 2 N–H and O–H groups in total. The smallest absolute Gasteiger partial charge is 0.420 e. The highest BCUT2D eigenvalue weighted by atomic mass is 19.4. The van der Waals surface area contributed by atoms with Gasteiger partial charge in [0.15, 0.2) is 0 Å². The second-order valence-corrected chi connectivity index (χ2v) is 2.63. The van der Waals surface area contributed by atoms with Gasteiger partial charge in [-0.05, 0) is 18.2 Å². The quantitative estimate of drug-likeness (QED) is 0.622. The van der Waals surface area contributed by atoms with E-state index < -0.39 is 24.1 Å². The molecule has 0 aromatic heterocycles. The predicted octanol–water partition coefficient (Wildman–Crippen LogP) is 2.89. The van der Waals surface area contributed by atoms with E-state index in [2.05, 4.69) is 4.74 Å². The molecule has 15 heavy (non-hydrogen) atoms. The van der Waals surface area contributed by atoms with Crippen LogP contribution in [0.3, 0.4) is 0 Å². The molecule has 0 bridgehead atoms. The molecule has 0 aliphatic carbocycles. The molecule has 0 fully saturated rings. The van der Waals surface area contributed by atoms with Gasteiger partial charge in [0.1, 0.15) is 5.75 Å². The SMILES string of the molecule is Nc1ccc(OC(F)F)c(C(F)(F)F)c1. The largest absolute Gasteiger partial charge is 0.434 e. The number of ether oxygens (including phenoxy) is 1. The molecule has 0 spiro atoms. The van der Waals surface area contributed by atoms with Gasteiger partial charge in [-0.3, -0.25) is 0 Å². The fourth-order valence-electron chi connectivity index (χ4n) is 0.968. The molecule has 0 saturated heterocycles. The molecule has 84 valence electrons. The molecule has 0 amide bonds. The van der Waals surface area contributed by atoms with E-state index in [1.807, 2.05) is 0 Å². The summed E-state index contributed by atoms with van der Waals surface area (Å²) in [4.78, 5) is 0. The molecule has 1 rings (SSSR count). The van der Waals surface area contributed by atoms with Gasteiger partial charge < -0.3 is 10.5 Å². The van der Waals surface area contributed by atoms with E-state index in [1.165, 1.54) is 0 Å². The Hall–Kier alpha value is -1.53. The van der Waals surface area contributed by atoms with Crippen molar-refractivity contribution in [3.05, 3.63) is 23.8 Å². The van der Waals surface area contributed by atoms with Crippen molar-refractivity contribution < 1.29 is 26.7 Å². The summed E-state index contributed by atoms with van der Waals surface area (Å²) >= 11 is 0. The zero-order valence-electron chi connectivity index (χ0n) is 7.18. The highest BCUT2D eigenvalue weighted by Gasteiger charge is 2.35. The molecule has 0 unspecified atom stereocenters. The first kappa shape index (κ1) is 11.5. The van der Waals surface area contributed by atoms with E-state index in [0.717, 1.165) is 12.1 Å². The zero-order valence-corrected chi connectivity index (χ0v) is 7.18. The van der Waals surface area contributed by atoms with Crippen molar-refractivity contribution in [1.82, 2.24) is 0 Å². The van der Waals surface area contributed by atoms with Gasteiger partial charge >= 0.3 is 12.8 Å². The Labute approximate surface area is 81.4 Å². The van der Waals surface area contributed by atoms with Gasteiger partial charge in [-0.2, -0.15) is 22.0 Å². The molecular formula is C8H6F5NO. The number of alkyl halides is 5. The van der Waals surface area contributed by atoms with E-state index in [9.17, 15) is 22.0 Å². The van der Waals surface area contributed by atoms with Crippen molar-refractivity contribution in [3.63, 3.8) is 0 Å².